The number of hydrogen-bond acceptors (Lipinski definition) is 6. The molecule has 0 spiro atoms. The fraction of sp³-hybridized carbons (Fsp3) is 0.286. The predicted octanol–water partition coefficient (Wildman–Crippen LogP) is 4.08. The van der Waals surface area contributed by atoms with Gasteiger partial charge in [-0.3, -0.25) is 9.88 Å². The van der Waals surface area contributed by atoms with E-state index in [0.29, 0.717) is 22.5 Å². The molecular weight excluding hydrogens is 409 g/mol. The van der Waals surface area contributed by atoms with Crippen molar-refractivity contribution in [1.82, 2.24) is 19.9 Å². The van der Waals surface area contributed by atoms with Gasteiger partial charge in [-0.15, -0.1) is 0 Å². The zero-order valence-electron chi connectivity index (χ0n) is 15.8. The van der Waals surface area contributed by atoms with Crippen LogP contribution in [0, 0.1) is 0 Å². The van der Waals surface area contributed by atoms with Crippen molar-refractivity contribution in [2.75, 3.05) is 31.1 Å². The van der Waals surface area contributed by atoms with E-state index in [1.54, 1.807) is 24.8 Å². The second-order valence-corrected chi connectivity index (χ2v) is 7.66. The van der Waals surface area contributed by atoms with E-state index in [9.17, 15) is 0 Å². The molecule has 3 aromatic rings. The Morgan fingerprint density at radius 2 is 1.72 bits per heavy atom. The maximum atomic E-state index is 6.13. The number of pyridine rings is 1. The lowest BCUT2D eigenvalue weighted by Gasteiger charge is -2.35. The summed E-state index contributed by atoms with van der Waals surface area (Å²) in [5.74, 6) is 1.33. The molecule has 0 N–H and O–H groups in total. The van der Waals surface area contributed by atoms with E-state index in [2.05, 4.69) is 24.8 Å². The predicted molar refractivity (Wildman–Crippen MR) is 115 cm³/mol. The number of halogens is 2. The molecule has 4 rings (SSSR count). The van der Waals surface area contributed by atoms with Gasteiger partial charge in [0.15, 0.2) is 5.82 Å². The molecule has 1 saturated heterocycles. The number of hydrogen-bond donors (Lipinski definition) is 0. The van der Waals surface area contributed by atoms with E-state index in [0.717, 1.165) is 49.7 Å². The van der Waals surface area contributed by atoms with Gasteiger partial charge < -0.3 is 9.64 Å². The summed E-state index contributed by atoms with van der Waals surface area (Å²) >= 11 is 12.1. The summed E-state index contributed by atoms with van der Waals surface area (Å²) in [6.07, 6.45) is 6.89. The maximum Gasteiger partial charge on any atom is 0.257 e. The van der Waals surface area contributed by atoms with Gasteiger partial charge >= 0.3 is 0 Å². The molecule has 0 amide bonds. The highest BCUT2D eigenvalue weighted by atomic mass is 35.5. The Balaban J connectivity index is 1.36. The minimum absolute atomic E-state index is 0.414. The third kappa shape index (κ3) is 5.15. The van der Waals surface area contributed by atoms with Crippen LogP contribution in [0.25, 0.3) is 0 Å². The molecule has 0 atom stereocenters. The van der Waals surface area contributed by atoms with Crippen molar-refractivity contribution in [1.29, 1.82) is 0 Å². The van der Waals surface area contributed by atoms with Crippen molar-refractivity contribution in [3.05, 3.63) is 76.3 Å². The van der Waals surface area contributed by atoms with Crippen LogP contribution in [0.1, 0.15) is 11.1 Å². The molecule has 150 valence electrons. The fourth-order valence-electron chi connectivity index (χ4n) is 3.29. The topological polar surface area (TPSA) is 54.4 Å². The summed E-state index contributed by atoms with van der Waals surface area (Å²) in [5, 5.41) is 1.18. The first-order valence-corrected chi connectivity index (χ1v) is 10.2. The summed E-state index contributed by atoms with van der Waals surface area (Å²) in [4.78, 5) is 17.6. The molecule has 0 aliphatic carbocycles. The monoisotopic (exact) mass is 429 g/mol. The average Bonchev–Trinajstić information content (AvgIpc) is 2.76. The molecule has 1 aliphatic heterocycles. The van der Waals surface area contributed by atoms with E-state index in [1.807, 2.05) is 30.3 Å². The standard InChI is InChI=1S/C21H21Cl2N5O/c22-18-4-3-16(12-19(18)23)14-27-8-10-28(11-9-27)20-21(26-7-6-25-20)29-15-17-2-1-5-24-13-17/h1-7,12-13H,8-11,14-15H2. The van der Waals surface area contributed by atoms with Crippen LogP contribution in [0.4, 0.5) is 5.82 Å². The average molecular weight is 430 g/mol. The number of rotatable bonds is 6. The largest absolute Gasteiger partial charge is 0.470 e. The van der Waals surface area contributed by atoms with Crippen LogP contribution in [-0.4, -0.2) is 46.0 Å². The fourth-order valence-corrected chi connectivity index (χ4v) is 3.61. The molecule has 0 radical (unpaired) electrons. The third-order valence-corrected chi connectivity index (χ3v) is 5.55. The minimum atomic E-state index is 0.414. The summed E-state index contributed by atoms with van der Waals surface area (Å²) in [6, 6.07) is 9.67. The van der Waals surface area contributed by atoms with Gasteiger partial charge in [-0.25, -0.2) is 9.97 Å². The first-order valence-electron chi connectivity index (χ1n) is 9.43. The molecule has 1 fully saturated rings. The summed E-state index contributed by atoms with van der Waals surface area (Å²) in [6.45, 7) is 4.79. The number of aromatic nitrogens is 3. The lowest BCUT2D eigenvalue weighted by molar-refractivity contribution is 0.246. The lowest BCUT2D eigenvalue weighted by atomic mass is 10.2. The van der Waals surface area contributed by atoms with Gasteiger partial charge in [0.2, 0.25) is 0 Å². The highest BCUT2D eigenvalue weighted by molar-refractivity contribution is 6.42. The summed E-state index contributed by atoms with van der Waals surface area (Å²) in [7, 11) is 0. The molecule has 8 heteroatoms. The number of piperazine rings is 1. The Bertz CT molecular complexity index is 949. The van der Waals surface area contributed by atoms with Crippen LogP contribution < -0.4 is 9.64 Å². The molecule has 0 unspecified atom stereocenters. The Morgan fingerprint density at radius 3 is 2.48 bits per heavy atom. The highest BCUT2D eigenvalue weighted by Gasteiger charge is 2.22. The van der Waals surface area contributed by atoms with Crippen molar-refractivity contribution in [2.45, 2.75) is 13.2 Å². The number of ether oxygens (including phenoxy) is 1. The van der Waals surface area contributed by atoms with Gasteiger partial charge in [-0.05, 0) is 23.8 Å². The van der Waals surface area contributed by atoms with Gasteiger partial charge in [-0.2, -0.15) is 0 Å². The zero-order valence-corrected chi connectivity index (χ0v) is 17.4. The van der Waals surface area contributed by atoms with E-state index in [-0.39, 0.29) is 0 Å². The molecule has 0 saturated carbocycles. The molecule has 6 nitrogen and oxygen atoms in total. The number of benzene rings is 1. The Kier molecular flexibility index (Phi) is 6.44. The quantitative estimate of drug-likeness (QED) is 0.588. The van der Waals surface area contributed by atoms with E-state index in [4.69, 9.17) is 27.9 Å². The maximum absolute atomic E-state index is 6.13. The number of nitrogens with zero attached hydrogens (tertiary/aromatic N) is 5. The van der Waals surface area contributed by atoms with Crippen LogP contribution in [0.2, 0.25) is 10.0 Å². The van der Waals surface area contributed by atoms with E-state index >= 15 is 0 Å². The van der Waals surface area contributed by atoms with E-state index < -0.39 is 0 Å². The van der Waals surface area contributed by atoms with Crippen LogP contribution in [-0.2, 0) is 13.2 Å². The van der Waals surface area contributed by atoms with Gasteiger partial charge in [0.1, 0.15) is 6.61 Å². The SMILES string of the molecule is Clc1ccc(CN2CCN(c3nccnc3OCc3cccnc3)CC2)cc1Cl. The smallest absolute Gasteiger partial charge is 0.257 e. The molecule has 1 aromatic carbocycles. The van der Waals surface area contributed by atoms with Crippen LogP contribution in [0.3, 0.4) is 0 Å². The summed E-state index contributed by atoms with van der Waals surface area (Å²) in [5.41, 5.74) is 2.16. The Labute approximate surface area is 180 Å². The molecule has 1 aliphatic rings. The highest BCUT2D eigenvalue weighted by Crippen LogP contribution is 2.26. The van der Waals surface area contributed by atoms with Gasteiger partial charge in [0.25, 0.3) is 5.88 Å². The van der Waals surface area contributed by atoms with Crippen LogP contribution in [0.15, 0.2) is 55.1 Å². The van der Waals surface area contributed by atoms with Gasteiger partial charge in [-0.1, -0.05) is 35.3 Å². The van der Waals surface area contributed by atoms with Gasteiger partial charge in [0, 0.05) is 63.1 Å². The molecule has 2 aromatic heterocycles. The molecular formula is C21H21Cl2N5O. The second kappa shape index (κ2) is 9.39. The van der Waals surface area contributed by atoms with Crippen molar-refractivity contribution in [3.8, 4) is 5.88 Å². The molecule has 3 heterocycles. The lowest BCUT2D eigenvalue weighted by Crippen LogP contribution is -2.46. The summed E-state index contributed by atoms with van der Waals surface area (Å²) < 4.78 is 5.93. The molecule has 29 heavy (non-hydrogen) atoms. The Hall–Kier alpha value is -2.41. The van der Waals surface area contributed by atoms with Crippen molar-refractivity contribution >= 4 is 29.0 Å². The first kappa shape index (κ1) is 19.9. The minimum Gasteiger partial charge on any atom is -0.470 e. The third-order valence-electron chi connectivity index (χ3n) is 4.81. The Morgan fingerprint density at radius 1 is 0.897 bits per heavy atom. The molecule has 0 bridgehead atoms. The normalized spacial score (nSPS) is 14.8. The van der Waals surface area contributed by atoms with Crippen molar-refractivity contribution < 1.29 is 4.74 Å². The van der Waals surface area contributed by atoms with Gasteiger partial charge in [0.05, 0.1) is 10.0 Å². The first-order chi connectivity index (χ1) is 14.2. The van der Waals surface area contributed by atoms with Crippen LogP contribution in [0.5, 0.6) is 5.88 Å². The number of anilines is 1. The zero-order chi connectivity index (χ0) is 20.1. The second-order valence-electron chi connectivity index (χ2n) is 6.85. The van der Waals surface area contributed by atoms with Crippen molar-refractivity contribution in [2.24, 2.45) is 0 Å². The van der Waals surface area contributed by atoms with Crippen LogP contribution >= 0.6 is 23.2 Å². The van der Waals surface area contributed by atoms with Crippen molar-refractivity contribution in [3.63, 3.8) is 0 Å². The van der Waals surface area contributed by atoms with E-state index in [1.165, 1.54) is 0 Å².